The average molecular weight is 270 g/mol. The Morgan fingerprint density at radius 2 is 1.84 bits per heavy atom. The van der Waals surface area contributed by atoms with Gasteiger partial charge in [-0.15, -0.1) is 0 Å². The molecule has 5 nitrogen and oxygen atoms in total. The smallest absolute Gasteiger partial charge is 0.310 e. The minimum absolute atomic E-state index is 0.0303. The Morgan fingerprint density at radius 1 is 1.32 bits per heavy atom. The fraction of sp³-hybridized carbons (Fsp3) is 0.857. The van der Waals surface area contributed by atoms with Crippen molar-refractivity contribution in [3.8, 4) is 0 Å². The molecule has 110 valence electrons. The van der Waals surface area contributed by atoms with Gasteiger partial charge in [-0.05, 0) is 38.5 Å². The second-order valence-electron chi connectivity index (χ2n) is 6.23. The molecule has 1 saturated carbocycles. The number of carbonyl (C=O) groups is 2. The molecule has 0 bridgehead atoms. The first-order chi connectivity index (χ1) is 8.75. The second-order valence-corrected chi connectivity index (χ2v) is 6.23. The minimum Gasteiger partial charge on any atom is -0.481 e. The predicted octanol–water partition coefficient (Wildman–Crippen LogP) is 1.51. The van der Waals surface area contributed by atoms with Gasteiger partial charge in [-0.25, -0.2) is 0 Å². The number of hydrogen-bond donors (Lipinski definition) is 3. The van der Waals surface area contributed by atoms with Crippen molar-refractivity contribution in [3.63, 3.8) is 0 Å². The summed E-state index contributed by atoms with van der Waals surface area (Å²) in [6.07, 6.45) is 3.65. The van der Waals surface area contributed by atoms with Gasteiger partial charge < -0.3 is 16.2 Å². The van der Waals surface area contributed by atoms with E-state index < -0.39 is 11.4 Å². The van der Waals surface area contributed by atoms with Gasteiger partial charge in [0.1, 0.15) is 0 Å². The van der Waals surface area contributed by atoms with Gasteiger partial charge in [0.25, 0.3) is 0 Å². The van der Waals surface area contributed by atoms with Crippen LogP contribution in [0.5, 0.6) is 0 Å². The molecule has 0 saturated heterocycles. The first-order valence-electron chi connectivity index (χ1n) is 7.04. The minimum atomic E-state index is -1.00. The number of hydrogen-bond acceptors (Lipinski definition) is 3. The standard InChI is InChI=1S/C14H26N2O3/c1-9(2)14(3,13(18)19)8-12(17)16-11-6-4-10(15)5-7-11/h9-11H,4-8,15H2,1-3H3,(H,16,17)(H,18,19). The second kappa shape index (κ2) is 6.37. The monoisotopic (exact) mass is 270 g/mol. The van der Waals surface area contributed by atoms with Gasteiger partial charge in [0.05, 0.1) is 5.41 Å². The highest BCUT2D eigenvalue weighted by molar-refractivity contribution is 5.85. The summed E-state index contributed by atoms with van der Waals surface area (Å²) in [6, 6.07) is 0.394. The van der Waals surface area contributed by atoms with Crippen LogP contribution < -0.4 is 11.1 Å². The van der Waals surface area contributed by atoms with Crippen LogP contribution in [0.15, 0.2) is 0 Å². The van der Waals surface area contributed by atoms with Gasteiger partial charge in [0, 0.05) is 18.5 Å². The van der Waals surface area contributed by atoms with Crippen molar-refractivity contribution < 1.29 is 14.7 Å². The molecule has 5 heteroatoms. The largest absolute Gasteiger partial charge is 0.481 e. The summed E-state index contributed by atoms with van der Waals surface area (Å²) in [5, 5.41) is 12.2. The van der Waals surface area contributed by atoms with Crippen LogP contribution in [0.4, 0.5) is 0 Å². The van der Waals surface area contributed by atoms with Crippen molar-refractivity contribution in [1.82, 2.24) is 5.32 Å². The normalized spacial score (nSPS) is 26.8. The van der Waals surface area contributed by atoms with Crippen LogP contribution in [0.3, 0.4) is 0 Å². The molecule has 1 atom stereocenters. The summed E-state index contributed by atoms with van der Waals surface area (Å²) in [6.45, 7) is 5.30. The van der Waals surface area contributed by atoms with E-state index in [0.29, 0.717) is 0 Å². The van der Waals surface area contributed by atoms with Crippen molar-refractivity contribution >= 4 is 11.9 Å². The molecule has 1 fully saturated rings. The van der Waals surface area contributed by atoms with Crippen LogP contribution in [0, 0.1) is 11.3 Å². The summed E-state index contributed by atoms with van der Waals surface area (Å²) in [7, 11) is 0. The SMILES string of the molecule is CC(C)C(C)(CC(=O)NC1CCC(N)CC1)C(=O)O. The third-order valence-corrected chi connectivity index (χ3v) is 4.43. The molecule has 4 N–H and O–H groups in total. The first-order valence-corrected chi connectivity index (χ1v) is 7.04. The third kappa shape index (κ3) is 4.20. The van der Waals surface area contributed by atoms with Gasteiger partial charge in [-0.1, -0.05) is 13.8 Å². The van der Waals surface area contributed by atoms with Crippen LogP contribution in [-0.2, 0) is 9.59 Å². The quantitative estimate of drug-likeness (QED) is 0.706. The van der Waals surface area contributed by atoms with E-state index in [4.69, 9.17) is 5.73 Å². The number of nitrogens with two attached hydrogens (primary N) is 1. The Bertz CT molecular complexity index is 336. The molecule has 19 heavy (non-hydrogen) atoms. The molecule has 0 aromatic rings. The van der Waals surface area contributed by atoms with Crippen LogP contribution in [-0.4, -0.2) is 29.1 Å². The Kier molecular flexibility index (Phi) is 5.35. The molecule has 1 unspecified atom stereocenters. The molecule has 1 aliphatic rings. The zero-order chi connectivity index (χ0) is 14.6. The maximum atomic E-state index is 12.0. The number of aliphatic carboxylic acids is 1. The molecule has 1 rings (SSSR count). The highest BCUT2D eigenvalue weighted by Crippen LogP contribution is 2.31. The number of carboxylic acid groups (broad SMARTS) is 1. The van der Waals surface area contributed by atoms with E-state index in [2.05, 4.69) is 5.32 Å². The zero-order valence-electron chi connectivity index (χ0n) is 12.1. The average Bonchev–Trinajstić information content (AvgIpc) is 2.31. The summed E-state index contributed by atoms with van der Waals surface area (Å²) in [4.78, 5) is 23.3. The molecular weight excluding hydrogens is 244 g/mol. The molecule has 0 spiro atoms. The van der Waals surface area contributed by atoms with Crippen molar-refractivity contribution in [2.75, 3.05) is 0 Å². The van der Waals surface area contributed by atoms with Crippen LogP contribution >= 0.6 is 0 Å². The Labute approximate surface area is 114 Å². The highest BCUT2D eigenvalue weighted by atomic mass is 16.4. The number of rotatable bonds is 5. The lowest BCUT2D eigenvalue weighted by molar-refractivity contribution is -0.153. The van der Waals surface area contributed by atoms with Crippen LogP contribution in [0.25, 0.3) is 0 Å². The van der Waals surface area contributed by atoms with Gasteiger partial charge in [-0.3, -0.25) is 9.59 Å². The molecule has 0 aromatic carbocycles. The van der Waals surface area contributed by atoms with E-state index >= 15 is 0 Å². The van der Waals surface area contributed by atoms with E-state index in [1.165, 1.54) is 0 Å². The summed E-state index contributed by atoms with van der Waals surface area (Å²) in [5.74, 6) is -1.17. The number of nitrogens with one attached hydrogen (secondary N) is 1. The van der Waals surface area contributed by atoms with Crippen molar-refractivity contribution in [3.05, 3.63) is 0 Å². The third-order valence-electron chi connectivity index (χ3n) is 4.43. The van der Waals surface area contributed by atoms with Crippen molar-refractivity contribution in [1.29, 1.82) is 0 Å². The van der Waals surface area contributed by atoms with Crippen molar-refractivity contribution in [2.45, 2.75) is 65.0 Å². The summed E-state index contributed by atoms with van der Waals surface area (Å²) in [5.41, 5.74) is 4.81. The number of amides is 1. The van der Waals surface area contributed by atoms with Gasteiger partial charge in [-0.2, -0.15) is 0 Å². The van der Waals surface area contributed by atoms with E-state index in [-0.39, 0.29) is 30.3 Å². The van der Waals surface area contributed by atoms with Gasteiger partial charge in [0.2, 0.25) is 5.91 Å². The van der Waals surface area contributed by atoms with E-state index in [9.17, 15) is 14.7 Å². The summed E-state index contributed by atoms with van der Waals surface area (Å²) < 4.78 is 0. The Morgan fingerprint density at radius 3 is 2.26 bits per heavy atom. The number of carbonyl (C=O) groups excluding carboxylic acids is 1. The molecule has 1 aliphatic carbocycles. The van der Waals surface area contributed by atoms with Crippen molar-refractivity contribution in [2.24, 2.45) is 17.1 Å². The number of carboxylic acids is 1. The van der Waals surface area contributed by atoms with Crippen LogP contribution in [0.1, 0.15) is 52.9 Å². The molecular formula is C14H26N2O3. The van der Waals surface area contributed by atoms with E-state index in [1.54, 1.807) is 6.92 Å². The Balaban J connectivity index is 2.52. The fourth-order valence-electron chi connectivity index (χ4n) is 2.40. The topological polar surface area (TPSA) is 92.4 Å². The molecule has 0 radical (unpaired) electrons. The van der Waals surface area contributed by atoms with Crippen LogP contribution in [0.2, 0.25) is 0 Å². The van der Waals surface area contributed by atoms with E-state index in [1.807, 2.05) is 13.8 Å². The van der Waals surface area contributed by atoms with E-state index in [0.717, 1.165) is 25.7 Å². The summed E-state index contributed by atoms with van der Waals surface area (Å²) >= 11 is 0. The first kappa shape index (κ1) is 16.0. The molecule has 0 heterocycles. The fourth-order valence-corrected chi connectivity index (χ4v) is 2.40. The van der Waals surface area contributed by atoms with Gasteiger partial charge in [0.15, 0.2) is 0 Å². The molecule has 0 aromatic heterocycles. The zero-order valence-corrected chi connectivity index (χ0v) is 12.1. The molecule has 1 amide bonds. The lowest BCUT2D eigenvalue weighted by Crippen LogP contribution is -2.44. The highest BCUT2D eigenvalue weighted by Gasteiger charge is 2.39. The Hall–Kier alpha value is -1.10. The maximum absolute atomic E-state index is 12.0. The molecule has 0 aliphatic heterocycles. The lowest BCUT2D eigenvalue weighted by atomic mass is 9.76. The lowest BCUT2D eigenvalue weighted by Gasteiger charge is -2.31. The maximum Gasteiger partial charge on any atom is 0.310 e. The van der Waals surface area contributed by atoms with Gasteiger partial charge >= 0.3 is 5.97 Å². The predicted molar refractivity (Wildman–Crippen MR) is 73.6 cm³/mol.